The van der Waals surface area contributed by atoms with Crippen LogP contribution in [0.5, 0.6) is 0 Å². The van der Waals surface area contributed by atoms with Crippen LogP contribution in [0.25, 0.3) is 21.9 Å². The number of carbonyl (C=O) groups excluding carboxylic acids is 1. The summed E-state index contributed by atoms with van der Waals surface area (Å²) >= 11 is 0. The Kier molecular flexibility index (Phi) is 4.73. The van der Waals surface area contributed by atoms with Crippen molar-refractivity contribution >= 4 is 37.9 Å². The highest BCUT2D eigenvalue weighted by atomic mass is 32.2. The normalized spacial score (nSPS) is 14.8. The summed E-state index contributed by atoms with van der Waals surface area (Å²) < 4.78 is 29.0. The minimum absolute atomic E-state index is 0.229. The van der Waals surface area contributed by atoms with Crippen LogP contribution in [-0.2, 0) is 16.6 Å². The number of carbonyl (C=O) groups is 1. The molecule has 1 amide bonds. The molecule has 2 heterocycles. The van der Waals surface area contributed by atoms with Gasteiger partial charge in [0.15, 0.2) is 0 Å². The second-order valence-electron chi connectivity index (χ2n) is 7.75. The molecular formula is C21H27N3O3S. The molecule has 3 aromatic rings. The molecule has 0 spiro atoms. The molecule has 7 heteroatoms. The van der Waals surface area contributed by atoms with Crippen molar-refractivity contribution in [2.24, 2.45) is 5.92 Å². The van der Waals surface area contributed by atoms with Crippen molar-refractivity contribution in [2.45, 2.75) is 39.7 Å². The minimum atomic E-state index is -3.65. The Morgan fingerprint density at radius 1 is 1.18 bits per heavy atom. The summed E-state index contributed by atoms with van der Waals surface area (Å²) in [6.45, 7) is 5.95. The van der Waals surface area contributed by atoms with Gasteiger partial charge in [-0.25, -0.2) is 12.4 Å². The SMILES string of the molecule is CCCN(CC)C(=O)c1cc2c(c3ccccc3n2CC2CC2)n1S(C)(=O)=O. The van der Waals surface area contributed by atoms with Crippen molar-refractivity contribution in [3.8, 4) is 0 Å². The molecule has 0 N–H and O–H groups in total. The quantitative estimate of drug-likeness (QED) is 0.607. The van der Waals surface area contributed by atoms with Crippen LogP contribution in [0.3, 0.4) is 0 Å². The molecule has 1 fully saturated rings. The molecule has 1 aliphatic rings. The highest BCUT2D eigenvalue weighted by Gasteiger charge is 2.30. The number of rotatable bonds is 7. The lowest BCUT2D eigenvalue weighted by Gasteiger charge is -2.20. The molecule has 28 heavy (non-hydrogen) atoms. The van der Waals surface area contributed by atoms with Crippen molar-refractivity contribution in [3.05, 3.63) is 36.0 Å². The van der Waals surface area contributed by atoms with E-state index in [9.17, 15) is 13.2 Å². The van der Waals surface area contributed by atoms with Gasteiger partial charge in [-0.1, -0.05) is 25.1 Å². The van der Waals surface area contributed by atoms with E-state index in [1.165, 1.54) is 23.1 Å². The zero-order chi connectivity index (χ0) is 20.1. The Balaban J connectivity index is 2.02. The molecule has 0 aliphatic heterocycles. The summed E-state index contributed by atoms with van der Waals surface area (Å²) in [7, 11) is -3.65. The number of amides is 1. The molecular weight excluding hydrogens is 374 g/mol. The fraction of sp³-hybridized carbons (Fsp3) is 0.476. The zero-order valence-corrected chi connectivity index (χ0v) is 17.5. The average Bonchev–Trinajstić information content (AvgIpc) is 3.31. The van der Waals surface area contributed by atoms with Gasteiger partial charge in [0, 0.05) is 25.0 Å². The lowest BCUT2D eigenvalue weighted by atomic mass is 10.2. The number of benzene rings is 1. The van der Waals surface area contributed by atoms with Gasteiger partial charge >= 0.3 is 0 Å². The largest absolute Gasteiger partial charge is 0.339 e. The van der Waals surface area contributed by atoms with Crippen LogP contribution in [-0.4, -0.2) is 47.1 Å². The maximum Gasteiger partial charge on any atom is 0.271 e. The molecule has 150 valence electrons. The van der Waals surface area contributed by atoms with Gasteiger partial charge in [-0.05, 0) is 44.2 Å². The van der Waals surface area contributed by atoms with Gasteiger partial charge in [-0.3, -0.25) is 4.79 Å². The van der Waals surface area contributed by atoms with Crippen LogP contribution in [0.15, 0.2) is 30.3 Å². The molecule has 0 radical (unpaired) electrons. The van der Waals surface area contributed by atoms with Crippen molar-refractivity contribution in [3.63, 3.8) is 0 Å². The number of aromatic nitrogens is 2. The summed E-state index contributed by atoms with van der Waals surface area (Å²) in [5.41, 5.74) is 2.71. The van der Waals surface area contributed by atoms with E-state index in [-0.39, 0.29) is 11.6 Å². The van der Waals surface area contributed by atoms with Crippen LogP contribution in [0.2, 0.25) is 0 Å². The molecule has 6 nitrogen and oxygen atoms in total. The van der Waals surface area contributed by atoms with Crippen LogP contribution in [0, 0.1) is 5.92 Å². The van der Waals surface area contributed by atoms with Crippen molar-refractivity contribution in [2.75, 3.05) is 19.3 Å². The highest BCUT2D eigenvalue weighted by molar-refractivity contribution is 7.89. The van der Waals surface area contributed by atoms with Crippen LogP contribution >= 0.6 is 0 Å². The Morgan fingerprint density at radius 3 is 2.50 bits per heavy atom. The second kappa shape index (κ2) is 6.95. The van der Waals surface area contributed by atoms with Crippen molar-refractivity contribution in [1.82, 2.24) is 13.4 Å². The third-order valence-electron chi connectivity index (χ3n) is 5.53. The fourth-order valence-electron chi connectivity index (χ4n) is 4.06. The number of hydrogen-bond acceptors (Lipinski definition) is 3. The number of hydrogen-bond donors (Lipinski definition) is 0. The van der Waals surface area contributed by atoms with E-state index in [0.717, 1.165) is 29.4 Å². The van der Waals surface area contributed by atoms with E-state index in [2.05, 4.69) is 4.57 Å². The first-order chi connectivity index (χ1) is 13.4. The predicted octanol–water partition coefficient (Wildman–Crippen LogP) is 3.69. The van der Waals surface area contributed by atoms with Gasteiger partial charge in [0.1, 0.15) is 5.69 Å². The summed E-state index contributed by atoms with van der Waals surface area (Å²) in [5, 5.41) is 0.876. The molecule has 0 bridgehead atoms. The molecule has 1 aliphatic carbocycles. The molecule has 0 atom stereocenters. The summed E-state index contributed by atoms with van der Waals surface area (Å²) in [5.74, 6) is 0.403. The average molecular weight is 402 g/mol. The van der Waals surface area contributed by atoms with E-state index in [1.807, 2.05) is 38.1 Å². The first kappa shape index (κ1) is 19.1. The monoisotopic (exact) mass is 401 g/mol. The summed E-state index contributed by atoms with van der Waals surface area (Å²) in [6, 6.07) is 9.64. The lowest BCUT2D eigenvalue weighted by Crippen LogP contribution is -2.33. The Bertz CT molecular complexity index is 1150. The van der Waals surface area contributed by atoms with E-state index >= 15 is 0 Å². The Morgan fingerprint density at radius 2 is 1.89 bits per heavy atom. The maximum atomic E-state index is 13.2. The smallest absolute Gasteiger partial charge is 0.271 e. The van der Waals surface area contributed by atoms with Gasteiger partial charge in [0.25, 0.3) is 5.91 Å². The van der Waals surface area contributed by atoms with E-state index in [1.54, 1.807) is 11.0 Å². The second-order valence-corrected chi connectivity index (χ2v) is 9.58. The van der Waals surface area contributed by atoms with E-state index in [4.69, 9.17) is 0 Å². The van der Waals surface area contributed by atoms with Crippen LogP contribution in [0.4, 0.5) is 0 Å². The zero-order valence-electron chi connectivity index (χ0n) is 16.7. The van der Waals surface area contributed by atoms with E-state index < -0.39 is 10.0 Å². The minimum Gasteiger partial charge on any atom is -0.339 e. The van der Waals surface area contributed by atoms with Gasteiger partial charge in [-0.2, -0.15) is 0 Å². The predicted molar refractivity (Wildman–Crippen MR) is 112 cm³/mol. The third-order valence-corrected chi connectivity index (χ3v) is 6.57. The summed E-state index contributed by atoms with van der Waals surface area (Å²) in [4.78, 5) is 14.9. The van der Waals surface area contributed by atoms with Crippen LogP contribution in [0.1, 0.15) is 43.6 Å². The van der Waals surface area contributed by atoms with Gasteiger partial charge in [-0.15, -0.1) is 0 Å². The van der Waals surface area contributed by atoms with Gasteiger partial charge in [0.05, 0.1) is 22.8 Å². The van der Waals surface area contributed by atoms with Crippen molar-refractivity contribution < 1.29 is 13.2 Å². The summed E-state index contributed by atoms with van der Waals surface area (Å²) in [6.07, 6.45) is 4.40. The Labute approximate surface area is 165 Å². The topological polar surface area (TPSA) is 64.3 Å². The lowest BCUT2D eigenvalue weighted by molar-refractivity contribution is 0.0758. The number of nitrogens with zero attached hydrogens (tertiary/aromatic N) is 3. The Hall–Kier alpha value is -2.28. The van der Waals surface area contributed by atoms with Gasteiger partial charge in [0.2, 0.25) is 10.0 Å². The molecule has 0 saturated heterocycles. The van der Waals surface area contributed by atoms with E-state index in [0.29, 0.717) is 24.5 Å². The van der Waals surface area contributed by atoms with Crippen molar-refractivity contribution in [1.29, 1.82) is 0 Å². The molecule has 2 aromatic heterocycles. The standard InChI is InChI=1S/C21H27N3O3S/c1-4-12-22(5-2)21(25)19-13-18-20(24(19)28(3,26)27)16-8-6-7-9-17(16)23(18)14-15-10-11-15/h6-9,13,15H,4-5,10-12,14H2,1-3H3. The molecule has 1 saturated carbocycles. The molecule has 4 rings (SSSR count). The first-order valence-corrected chi connectivity index (χ1v) is 11.8. The maximum absolute atomic E-state index is 13.2. The van der Waals surface area contributed by atoms with Gasteiger partial charge < -0.3 is 9.47 Å². The fourth-order valence-corrected chi connectivity index (χ4v) is 5.07. The molecule has 0 unspecified atom stereocenters. The number of fused-ring (bicyclic) bond motifs is 3. The first-order valence-electron chi connectivity index (χ1n) is 9.99. The number of para-hydroxylation sites is 1. The van der Waals surface area contributed by atoms with Crippen LogP contribution < -0.4 is 0 Å². The third kappa shape index (κ3) is 3.11. The molecule has 1 aromatic carbocycles. The highest BCUT2D eigenvalue weighted by Crippen LogP contribution is 2.37.